The smallest absolute Gasteiger partial charge is 0.337 e. The molecule has 0 unspecified atom stereocenters. The molecule has 2 aromatic rings. The minimum atomic E-state index is -0.426. The van der Waals surface area contributed by atoms with Gasteiger partial charge in [0.25, 0.3) is 0 Å². The molecule has 6 heteroatoms. The quantitative estimate of drug-likeness (QED) is 0.828. The second kappa shape index (κ2) is 7.61. The van der Waals surface area contributed by atoms with Crippen molar-refractivity contribution in [2.45, 2.75) is 0 Å². The Morgan fingerprint density at radius 3 is 2.22 bits per heavy atom. The van der Waals surface area contributed by atoms with Gasteiger partial charge in [0.05, 0.1) is 30.9 Å². The number of nitriles is 1. The van der Waals surface area contributed by atoms with Gasteiger partial charge in [-0.1, -0.05) is 0 Å². The van der Waals surface area contributed by atoms with Crippen molar-refractivity contribution in [2.24, 2.45) is 0 Å². The summed E-state index contributed by atoms with van der Waals surface area (Å²) in [6.45, 7) is 0.0879. The van der Waals surface area contributed by atoms with E-state index in [9.17, 15) is 9.59 Å². The third-order valence-corrected chi connectivity index (χ3v) is 3.06. The van der Waals surface area contributed by atoms with Crippen LogP contribution in [0.3, 0.4) is 0 Å². The van der Waals surface area contributed by atoms with E-state index in [1.54, 1.807) is 48.5 Å². The molecule has 0 saturated heterocycles. The third-order valence-electron chi connectivity index (χ3n) is 3.06. The molecule has 2 N–H and O–H groups in total. The second-order valence-electron chi connectivity index (χ2n) is 4.66. The Kier molecular flexibility index (Phi) is 5.31. The van der Waals surface area contributed by atoms with Crippen molar-refractivity contribution >= 4 is 23.3 Å². The lowest BCUT2D eigenvalue weighted by molar-refractivity contribution is -0.114. The average Bonchev–Trinajstić information content (AvgIpc) is 2.60. The topological polar surface area (TPSA) is 91.2 Å². The molecule has 2 rings (SSSR count). The molecule has 0 bridgehead atoms. The first-order chi connectivity index (χ1) is 11.1. The van der Waals surface area contributed by atoms with Gasteiger partial charge in [-0.05, 0) is 48.5 Å². The summed E-state index contributed by atoms with van der Waals surface area (Å²) in [5, 5.41) is 14.4. The van der Waals surface area contributed by atoms with Crippen molar-refractivity contribution in [3.8, 4) is 6.07 Å². The van der Waals surface area contributed by atoms with Crippen molar-refractivity contribution in [3.05, 3.63) is 59.7 Å². The standard InChI is InChI=1S/C17H15N3O3/c1-23-17(22)13-4-8-15(9-5-13)20-16(21)11-19-14-6-2-12(10-18)3-7-14/h2-9,19H,11H2,1H3,(H,20,21). The van der Waals surface area contributed by atoms with Crippen molar-refractivity contribution in [1.82, 2.24) is 0 Å². The van der Waals surface area contributed by atoms with Crippen LogP contribution in [0.4, 0.5) is 11.4 Å². The number of amides is 1. The minimum Gasteiger partial charge on any atom is -0.465 e. The van der Waals surface area contributed by atoms with Crippen LogP contribution in [0.1, 0.15) is 15.9 Å². The maximum atomic E-state index is 11.9. The number of nitrogens with one attached hydrogen (secondary N) is 2. The number of hydrogen-bond acceptors (Lipinski definition) is 5. The van der Waals surface area contributed by atoms with Crippen molar-refractivity contribution in [2.75, 3.05) is 24.3 Å². The van der Waals surface area contributed by atoms with Gasteiger partial charge < -0.3 is 15.4 Å². The van der Waals surface area contributed by atoms with E-state index in [4.69, 9.17) is 5.26 Å². The minimum absolute atomic E-state index is 0.0879. The van der Waals surface area contributed by atoms with Crippen LogP contribution >= 0.6 is 0 Å². The number of rotatable bonds is 5. The maximum Gasteiger partial charge on any atom is 0.337 e. The monoisotopic (exact) mass is 309 g/mol. The first kappa shape index (κ1) is 16.0. The summed E-state index contributed by atoms with van der Waals surface area (Å²) >= 11 is 0. The summed E-state index contributed by atoms with van der Waals surface area (Å²) in [6, 6.07) is 15.3. The first-order valence-corrected chi connectivity index (χ1v) is 6.84. The van der Waals surface area contributed by atoms with Gasteiger partial charge in [0.1, 0.15) is 0 Å². The number of anilines is 2. The highest BCUT2D eigenvalue weighted by Crippen LogP contribution is 2.11. The van der Waals surface area contributed by atoms with Gasteiger partial charge in [-0.3, -0.25) is 4.79 Å². The fourth-order valence-corrected chi connectivity index (χ4v) is 1.86. The molecule has 0 radical (unpaired) electrons. The summed E-state index contributed by atoms with van der Waals surface area (Å²) in [5.41, 5.74) is 2.32. The van der Waals surface area contributed by atoms with Gasteiger partial charge in [0.15, 0.2) is 0 Å². The van der Waals surface area contributed by atoms with Crippen LogP contribution in [0.5, 0.6) is 0 Å². The number of carbonyl (C=O) groups is 2. The van der Waals surface area contributed by atoms with Crippen molar-refractivity contribution in [1.29, 1.82) is 5.26 Å². The molecule has 0 spiro atoms. The van der Waals surface area contributed by atoms with Crippen LogP contribution in [0.25, 0.3) is 0 Å². The van der Waals surface area contributed by atoms with Gasteiger partial charge in [-0.2, -0.15) is 5.26 Å². The van der Waals surface area contributed by atoms with Gasteiger partial charge >= 0.3 is 5.97 Å². The van der Waals surface area contributed by atoms with E-state index >= 15 is 0 Å². The molecule has 0 aliphatic carbocycles. The normalized spacial score (nSPS) is 9.57. The van der Waals surface area contributed by atoms with E-state index in [0.717, 1.165) is 5.69 Å². The second-order valence-corrected chi connectivity index (χ2v) is 4.66. The van der Waals surface area contributed by atoms with Crippen LogP contribution in [0, 0.1) is 11.3 Å². The molecule has 1 amide bonds. The zero-order valence-electron chi connectivity index (χ0n) is 12.5. The zero-order chi connectivity index (χ0) is 16.7. The van der Waals surface area contributed by atoms with Gasteiger partial charge in [0, 0.05) is 11.4 Å². The molecule has 0 aliphatic rings. The summed E-state index contributed by atoms with van der Waals surface area (Å²) < 4.78 is 4.60. The Morgan fingerprint density at radius 1 is 1.04 bits per heavy atom. The number of hydrogen-bond donors (Lipinski definition) is 2. The Labute approximate surface area is 133 Å². The molecule has 0 aromatic heterocycles. The molecule has 0 heterocycles. The Bertz CT molecular complexity index is 731. The Hall–Kier alpha value is -3.33. The summed E-state index contributed by atoms with van der Waals surface area (Å²) in [5.74, 6) is -0.648. The van der Waals surface area contributed by atoms with Crippen LogP contribution in [0.15, 0.2) is 48.5 Å². The lowest BCUT2D eigenvalue weighted by Gasteiger charge is -2.08. The fraction of sp³-hybridized carbons (Fsp3) is 0.118. The number of carbonyl (C=O) groups excluding carboxylic acids is 2. The van der Waals surface area contributed by atoms with Crippen molar-refractivity contribution in [3.63, 3.8) is 0 Å². The Morgan fingerprint density at radius 2 is 1.65 bits per heavy atom. The summed E-state index contributed by atoms with van der Waals surface area (Å²) in [6.07, 6.45) is 0. The largest absolute Gasteiger partial charge is 0.465 e. The first-order valence-electron chi connectivity index (χ1n) is 6.84. The summed E-state index contributed by atoms with van der Waals surface area (Å²) in [4.78, 5) is 23.2. The zero-order valence-corrected chi connectivity index (χ0v) is 12.5. The Balaban J connectivity index is 1.86. The SMILES string of the molecule is COC(=O)c1ccc(NC(=O)CNc2ccc(C#N)cc2)cc1. The molecule has 0 atom stereocenters. The lowest BCUT2D eigenvalue weighted by atomic mass is 10.2. The van der Waals surface area contributed by atoms with E-state index < -0.39 is 5.97 Å². The highest BCUT2D eigenvalue weighted by atomic mass is 16.5. The number of ether oxygens (including phenoxy) is 1. The number of methoxy groups -OCH3 is 1. The van der Waals surface area contributed by atoms with E-state index in [1.807, 2.05) is 6.07 Å². The molecular weight excluding hydrogens is 294 g/mol. The van der Waals surface area contributed by atoms with Crippen LogP contribution < -0.4 is 10.6 Å². The van der Waals surface area contributed by atoms with Gasteiger partial charge in [0.2, 0.25) is 5.91 Å². The van der Waals surface area contributed by atoms with E-state index in [1.165, 1.54) is 7.11 Å². The molecule has 116 valence electrons. The average molecular weight is 309 g/mol. The number of esters is 1. The van der Waals surface area contributed by atoms with Crippen LogP contribution in [-0.2, 0) is 9.53 Å². The maximum absolute atomic E-state index is 11.9. The highest BCUT2D eigenvalue weighted by Gasteiger charge is 2.06. The number of nitrogens with zero attached hydrogens (tertiary/aromatic N) is 1. The molecule has 0 fully saturated rings. The van der Waals surface area contributed by atoms with E-state index in [0.29, 0.717) is 16.8 Å². The van der Waals surface area contributed by atoms with Crippen LogP contribution in [0.2, 0.25) is 0 Å². The molecule has 0 saturated carbocycles. The molecule has 23 heavy (non-hydrogen) atoms. The van der Waals surface area contributed by atoms with E-state index in [-0.39, 0.29) is 12.5 Å². The van der Waals surface area contributed by atoms with Gasteiger partial charge in [-0.25, -0.2) is 4.79 Å². The molecule has 2 aromatic carbocycles. The lowest BCUT2D eigenvalue weighted by Crippen LogP contribution is -2.21. The predicted octanol–water partition coefficient (Wildman–Crippen LogP) is 2.40. The van der Waals surface area contributed by atoms with Crippen molar-refractivity contribution < 1.29 is 14.3 Å². The van der Waals surface area contributed by atoms with E-state index in [2.05, 4.69) is 15.4 Å². The molecule has 0 aliphatic heterocycles. The third kappa shape index (κ3) is 4.58. The highest BCUT2D eigenvalue weighted by molar-refractivity contribution is 5.95. The predicted molar refractivity (Wildman–Crippen MR) is 86.1 cm³/mol. The fourth-order valence-electron chi connectivity index (χ4n) is 1.86. The van der Waals surface area contributed by atoms with Gasteiger partial charge in [-0.15, -0.1) is 0 Å². The molecule has 6 nitrogen and oxygen atoms in total. The summed E-state index contributed by atoms with van der Waals surface area (Å²) in [7, 11) is 1.31. The number of benzene rings is 2. The van der Waals surface area contributed by atoms with Crippen LogP contribution in [-0.4, -0.2) is 25.5 Å². The molecular formula is C17H15N3O3.